The molecule has 7 heteroatoms. The van der Waals surface area contributed by atoms with Crippen molar-refractivity contribution in [2.24, 2.45) is 0 Å². The Hall–Kier alpha value is -2.28. The molecule has 0 atom stereocenters. The smallest absolute Gasteiger partial charge is 0.347 e. The largest absolute Gasteiger partial charge is 0.493 e. The zero-order valence-corrected chi connectivity index (χ0v) is 12.8. The fraction of sp³-hybridized carbons (Fsp3) is 0.333. The van der Waals surface area contributed by atoms with E-state index in [0.717, 1.165) is 5.01 Å². The number of carbonyl (C=O) groups is 1. The van der Waals surface area contributed by atoms with E-state index in [2.05, 4.69) is 4.98 Å². The van der Waals surface area contributed by atoms with E-state index in [1.54, 1.807) is 12.1 Å². The van der Waals surface area contributed by atoms with Crippen molar-refractivity contribution in [1.29, 1.82) is 0 Å². The molecule has 0 aliphatic carbocycles. The van der Waals surface area contributed by atoms with Crippen molar-refractivity contribution < 1.29 is 24.1 Å². The standard InChI is InChI=1S/C15H15NO5S/c1-2-10-14(15(17)18)22-13(16-10)5-6-19-9-3-4-11-12(7-9)21-8-20-11/h3-4,7H,2,5-6,8H2,1H3,(H,17,18). The number of aromatic carboxylic acids is 1. The van der Waals surface area contributed by atoms with Crippen LogP contribution in [0.2, 0.25) is 0 Å². The number of fused-ring (bicyclic) bond motifs is 1. The first-order chi connectivity index (χ1) is 10.7. The van der Waals surface area contributed by atoms with Gasteiger partial charge < -0.3 is 19.3 Å². The Morgan fingerprint density at radius 2 is 2.23 bits per heavy atom. The molecular formula is C15H15NO5S. The van der Waals surface area contributed by atoms with Crippen LogP contribution in [0.1, 0.15) is 27.3 Å². The van der Waals surface area contributed by atoms with Crippen LogP contribution in [0, 0.1) is 0 Å². The van der Waals surface area contributed by atoms with Crippen LogP contribution < -0.4 is 14.2 Å². The topological polar surface area (TPSA) is 77.9 Å². The fourth-order valence-corrected chi connectivity index (χ4v) is 3.11. The van der Waals surface area contributed by atoms with Crippen molar-refractivity contribution in [3.8, 4) is 17.2 Å². The highest BCUT2D eigenvalue weighted by Crippen LogP contribution is 2.35. The van der Waals surface area contributed by atoms with Crippen LogP contribution in [-0.2, 0) is 12.8 Å². The second kappa shape index (κ2) is 6.23. The first-order valence-corrected chi connectivity index (χ1v) is 7.73. The molecule has 1 aromatic carbocycles. The van der Waals surface area contributed by atoms with Gasteiger partial charge in [0.25, 0.3) is 0 Å². The highest BCUT2D eigenvalue weighted by molar-refractivity contribution is 7.13. The second-order valence-corrected chi connectivity index (χ2v) is 5.74. The van der Waals surface area contributed by atoms with Gasteiger partial charge in [-0.1, -0.05) is 6.92 Å². The third kappa shape index (κ3) is 2.99. The molecule has 0 spiro atoms. The van der Waals surface area contributed by atoms with Gasteiger partial charge in [-0.15, -0.1) is 11.3 Å². The zero-order chi connectivity index (χ0) is 15.5. The lowest BCUT2D eigenvalue weighted by Gasteiger charge is -2.05. The average molecular weight is 321 g/mol. The summed E-state index contributed by atoms with van der Waals surface area (Å²) < 4.78 is 16.2. The fourth-order valence-electron chi connectivity index (χ4n) is 2.14. The van der Waals surface area contributed by atoms with Gasteiger partial charge in [-0.25, -0.2) is 9.78 Å². The van der Waals surface area contributed by atoms with Crippen LogP contribution in [-0.4, -0.2) is 29.5 Å². The Kier molecular flexibility index (Phi) is 4.15. The third-order valence-corrected chi connectivity index (χ3v) is 4.34. The molecule has 1 aliphatic rings. The van der Waals surface area contributed by atoms with Crippen LogP contribution in [0.25, 0.3) is 0 Å². The average Bonchev–Trinajstić information content (AvgIpc) is 3.12. The summed E-state index contributed by atoms with van der Waals surface area (Å²) in [5, 5.41) is 9.89. The van der Waals surface area contributed by atoms with Crippen molar-refractivity contribution in [2.75, 3.05) is 13.4 Å². The lowest BCUT2D eigenvalue weighted by atomic mass is 10.3. The lowest BCUT2D eigenvalue weighted by molar-refractivity contribution is 0.0700. The molecule has 1 N–H and O–H groups in total. The molecule has 0 bridgehead atoms. The summed E-state index contributed by atoms with van der Waals surface area (Å²) in [4.78, 5) is 15.8. The summed E-state index contributed by atoms with van der Waals surface area (Å²) >= 11 is 1.21. The van der Waals surface area contributed by atoms with Gasteiger partial charge in [0.05, 0.1) is 17.3 Å². The number of hydrogen-bond acceptors (Lipinski definition) is 6. The van der Waals surface area contributed by atoms with Crippen molar-refractivity contribution in [1.82, 2.24) is 4.98 Å². The molecule has 22 heavy (non-hydrogen) atoms. The van der Waals surface area contributed by atoms with Crippen molar-refractivity contribution in [3.63, 3.8) is 0 Å². The van der Waals surface area contributed by atoms with Crippen molar-refractivity contribution >= 4 is 17.3 Å². The number of ether oxygens (including phenoxy) is 3. The van der Waals surface area contributed by atoms with Gasteiger partial charge in [0.1, 0.15) is 10.6 Å². The molecular weight excluding hydrogens is 306 g/mol. The summed E-state index contributed by atoms with van der Waals surface area (Å²) in [7, 11) is 0. The quantitative estimate of drug-likeness (QED) is 0.881. The summed E-state index contributed by atoms with van der Waals surface area (Å²) in [5.41, 5.74) is 0.635. The van der Waals surface area contributed by atoms with Crippen LogP contribution >= 0.6 is 11.3 Å². The zero-order valence-electron chi connectivity index (χ0n) is 12.0. The van der Waals surface area contributed by atoms with Gasteiger partial charge >= 0.3 is 5.97 Å². The van der Waals surface area contributed by atoms with Gasteiger partial charge in [-0.3, -0.25) is 0 Å². The van der Waals surface area contributed by atoms with E-state index in [0.29, 0.717) is 47.3 Å². The SMILES string of the molecule is CCc1nc(CCOc2ccc3c(c2)OCO3)sc1C(=O)O. The van der Waals surface area contributed by atoms with E-state index >= 15 is 0 Å². The minimum Gasteiger partial charge on any atom is -0.493 e. The summed E-state index contributed by atoms with van der Waals surface area (Å²) in [5.74, 6) is 1.16. The van der Waals surface area contributed by atoms with E-state index in [9.17, 15) is 4.79 Å². The molecule has 0 saturated heterocycles. The van der Waals surface area contributed by atoms with Gasteiger partial charge in [0.2, 0.25) is 6.79 Å². The number of benzene rings is 1. The molecule has 6 nitrogen and oxygen atoms in total. The normalized spacial score (nSPS) is 12.4. The van der Waals surface area contributed by atoms with Gasteiger partial charge in [0.15, 0.2) is 11.5 Å². The Balaban J connectivity index is 1.60. The summed E-state index contributed by atoms with van der Waals surface area (Å²) in [6.07, 6.45) is 1.18. The lowest BCUT2D eigenvalue weighted by Crippen LogP contribution is -2.01. The molecule has 1 aliphatic heterocycles. The van der Waals surface area contributed by atoms with Gasteiger partial charge in [-0.2, -0.15) is 0 Å². The van der Waals surface area contributed by atoms with E-state index in [1.165, 1.54) is 11.3 Å². The van der Waals surface area contributed by atoms with Gasteiger partial charge in [-0.05, 0) is 18.6 Å². The molecule has 0 amide bonds. The molecule has 0 saturated carbocycles. The Morgan fingerprint density at radius 3 is 2.95 bits per heavy atom. The minimum atomic E-state index is -0.919. The van der Waals surface area contributed by atoms with E-state index < -0.39 is 5.97 Å². The predicted molar refractivity (Wildman–Crippen MR) is 80.2 cm³/mol. The van der Waals surface area contributed by atoms with E-state index in [1.807, 2.05) is 13.0 Å². The van der Waals surface area contributed by atoms with Crippen LogP contribution in [0.5, 0.6) is 17.2 Å². The number of aromatic nitrogens is 1. The van der Waals surface area contributed by atoms with E-state index in [4.69, 9.17) is 19.3 Å². The molecule has 116 valence electrons. The Morgan fingerprint density at radius 1 is 1.41 bits per heavy atom. The first-order valence-electron chi connectivity index (χ1n) is 6.91. The summed E-state index contributed by atoms with van der Waals surface area (Å²) in [6.45, 7) is 2.55. The monoisotopic (exact) mass is 321 g/mol. The van der Waals surface area contributed by atoms with Crippen molar-refractivity contribution in [3.05, 3.63) is 33.8 Å². The second-order valence-electron chi connectivity index (χ2n) is 4.66. The Labute approximate surface area is 131 Å². The number of nitrogens with zero attached hydrogens (tertiary/aromatic N) is 1. The highest BCUT2D eigenvalue weighted by Gasteiger charge is 2.16. The molecule has 0 fully saturated rings. The van der Waals surface area contributed by atoms with Crippen LogP contribution in [0.4, 0.5) is 0 Å². The third-order valence-electron chi connectivity index (χ3n) is 3.20. The summed E-state index contributed by atoms with van der Waals surface area (Å²) in [6, 6.07) is 5.40. The maximum atomic E-state index is 11.1. The van der Waals surface area contributed by atoms with Crippen LogP contribution in [0.15, 0.2) is 18.2 Å². The number of carboxylic acid groups (broad SMARTS) is 1. The molecule has 3 rings (SSSR count). The number of thiazole rings is 1. The molecule has 1 aromatic heterocycles. The maximum Gasteiger partial charge on any atom is 0.347 e. The van der Waals surface area contributed by atoms with Gasteiger partial charge in [0, 0.05) is 12.5 Å². The molecule has 2 heterocycles. The van der Waals surface area contributed by atoms with Crippen molar-refractivity contribution in [2.45, 2.75) is 19.8 Å². The number of aryl methyl sites for hydroxylation is 1. The predicted octanol–water partition coefficient (Wildman–Crippen LogP) is 2.75. The Bertz CT molecular complexity index is 697. The molecule has 0 unspecified atom stereocenters. The van der Waals surface area contributed by atoms with E-state index in [-0.39, 0.29) is 6.79 Å². The molecule has 2 aromatic rings. The van der Waals surface area contributed by atoms with Crippen LogP contribution in [0.3, 0.4) is 0 Å². The maximum absolute atomic E-state index is 11.1. The number of rotatable bonds is 6. The minimum absolute atomic E-state index is 0.232. The number of carboxylic acids is 1. The molecule has 0 radical (unpaired) electrons. The highest BCUT2D eigenvalue weighted by atomic mass is 32.1. The first kappa shape index (κ1) is 14.6. The number of hydrogen-bond donors (Lipinski definition) is 1.